The molecule has 1 saturated heterocycles. The van der Waals surface area contributed by atoms with Gasteiger partial charge in [0.15, 0.2) is 0 Å². The molecule has 3 rings (SSSR count). The van der Waals surface area contributed by atoms with Crippen LogP contribution in [0.1, 0.15) is 36.0 Å². The molecule has 0 aliphatic carbocycles. The van der Waals surface area contributed by atoms with Crippen LogP contribution >= 0.6 is 0 Å². The normalized spacial score (nSPS) is 15.5. The Labute approximate surface area is 167 Å². The highest BCUT2D eigenvalue weighted by Crippen LogP contribution is 2.23. The van der Waals surface area contributed by atoms with Gasteiger partial charge in [-0.2, -0.15) is 8.70 Å². The minimum Gasteiger partial charge on any atom is -0.322 e. The maximum atomic E-state index is 13.4. The Balaban J connectivity index is 1.75. The topological polar surface area (TPSA) is 110 Å². The zero-order valence-electron chi connectivity index (χ0n) is 15.5. The second-order valence-electron chi connectivity index (χ2n) is 6.72. The van der Waals surface area contributed by atoms with Crippen LogP contribution in [0.15, 0.2) is 47.4 Å². The smallest absolute Gasteiger partial charge is 0.306 e. The number of nitro groups is 1. The first kappa shape index (κ1) is 20.9. The van der Waals surface area contributed by atoms with Gasteiger partial charge in [-0.3, -0.25) is 14.9 Å². The lowest BCUT2D eigenvalue weighted by Gasteiger charge is -2.20. The summed E-state index contributed by atoms with van der Waals surface area (Å²) in [6.07, 6.45) is 3.66. The van der Waals surface area contributed by atoms with Crippen LogP contribution in [0.4, 0.5) is 15.8 Å². The fourth-order valence-electron chi connectivity index (χ4n) is 3.14. The first-order valence-electron chi connectivity index (χ1n) is 9.14. The molecule has 1 heterocycles. The van der Waals surface area contributed by atoms with Crippen molar-refractivity contribution in [1.82, 2.24) is 4.31 Å². The largest absolute Gasteiger partial charge is 0.322 e. The number of benzene rings is 2. The monoisotopic (exact) mass is 421 g/mol. The molecule has 0 spiro atoms. The lowest BCUT2D eigenvalue weighted by atomic mass is 10.2. The second kappa shape index (κ2) is 8.66. The van der Waals surface area contributed by atoms with Gasteiger partial charge in [-0.05, 0) is 49.2 Å². The molecule has 0 bridgehead atoms. The predicted molar refractivity (Wildman–Crippen MR) is 105 cm³/mol. The van der Waals surface area contributed by atoms with E-state index in [0.29, 0.717) is 13.1 Å². The van der Waals surface area contributed by atoms with Crippen molar-refractivity contribution in [1.29, 1.82) is 0 Å². The number of nitro benzene ring substituents is 1. The Morgan fingerprint density at radius 2 is 1.66 bits per heavy atom. The van der Waals surface area contributed by atoms with Gasteiger partial charge in [0, 0.05) is 30.4 Å². The standard InChI is InChI=1S/C19H20FN3O5S/c20-17-10-7-15(13-18(17)23(25)26)21-19(24)14-5-8-16(9-6-14)29(27,28)22-11-3-1-2-4-12-22/h5-10,13H,1-4,11-12H2,(H,21,24). The van der Waals surface area contributed by atoms with Crippen LogP contribution in [0.2, 0.25) is 0 Å². The molecular weight excluding hydrogens is 401 g/mol. The van der Waals surface area contributed by atoms with Crippen molar-refractivity contribution in [2.45, 2.75) is 30.6 Å². The Morgan fingerprint density at radius 1 is 1.03 bits per heavy atom. The Bertz CT molecular complexity index is 1020. The molecule has 0 atom stereocenters. The average Bonchev–Trinajstić information content (AvgIpc) is 2.99. The van der Waals surface area contributed by atoms with E-state index in [2.05, 4.69) is 5.32 Å². The fourth-order valence-corrected chi connectivity index (χ4v) is 4.66. The molecule has 1 N–H and O–H groups in total. The number of hydrogen-bond donors (Lipinski definition) is 1. The number of rotatable bonds is 5. The highest BCUT2D eigenvalue weighted by Gasteiger charge is 2.25. The van der Waals surface area contributed by atoms with Crippen molar-refractivity contribution in [3.05, 3.63) is 64.0 Å². The van der Waals surface area contributed by atoms with Gasteiger partial charge in [0.05, 0.1) is 9.82 Å². The third-order valence-electron chi connectivity index (χ3n) is 4.72. The molecule has 0 aromatic heterocycles. The van der Waals surface area contributed by atoms with E-state index >= 15 is 0 Å². The summed E-state index contributed by atoms with van der Waals surface area (Å²) in [5.74, 6) is -1.60. The number of carbonyl (C=O) groups excluding carboxylic acids is 1. The van der Waals surface area contributed by atoms with Crippen molar-refractivity contribution in [3.8, 4) is 0 Å². The average molecular weight is 421 g/mol. The fraction of sp³-hybridized carbons (Fsp3) is 0.316. The predicted octanol–water partition coefficient (Wildman–Crippen LogP) is 3.55. The summed E-state index contributed by atoms with van der Waals surface area (Å²) < 4.78 is 40.4. The van der Waals surface area contributed by atoms with Gasteiger partial charge in [-0.1, -0.05) is 12.8 Å². The molecule has 1 fully saturated rings. The summed E-state index contributed by atoms with van der Waals surface area (Å²) in [5, 5.41) is 13.2. The summed E-state index contributed by atoms with van der Waals surface area (Å²) in [4.78, 5) is 22.4. The molecule has 2 aromatic carbocycles. The molecule has 2 aromatic rings. The summed E-state index contributed by atoms with van der Waals surface area (Å²) >= 11 is 0. The number of nitrogens with one attached hydrogen (secondary N) is 1. The lowest BCUT2D eigenvalue weighted by Crippen LogP contribution is -2.31. The summed E-state index contributed by atoms with van der Waals surface area (Å²) in [5.41, 5.74) is -0.516. The molecule has 0 radical (unpaired) electrons. The highest BCUT2D eigenvalue weighted by atomic mass is 32.2. The zero-order valence-corrected chi connectivity index (χ0v) is 16.3. The number of anilines is 1. The minimum atomic E-state index is -3.62. The van der Waals surface area contributed by atoms with Crippen molar-refractivity contribution >= 4 is 27.3 Å². The van der Waals surface area contributed by atoms with Crippen LogP contribution in [0.5, 0.6) is 0 Å². The molecular formula is C19H20FN3O5S. The van der Waals surface area contributed by atoms with E-state index < -0.39 is 32.4 Å². The van der Waals surface area contributed by atoms with E-state index in [1.54, 1.807) is 0 Å². The summed E-state index contributed by atoms with van der Waals surface area (Å²) in [7, 11) is -3.62. The van der Waals surface area contributed by atoms with Crippen LogP contribution in [-0.4, -0.2) is 36.6 Å². The molecule has 1 aliphatic rings. The molecule has 0 unspecified atom stereocenters. The number of nitrogens with zero attached hydrogens (tertiary/aromatic N) is 2. The van der Waals surface area contributed by atoms with Crippen molar-refractivity contribution in [2.24, 2.45) is 0 Å². The summed E-state index contributed by atoms with van der Waals surface area (Å²) in [6.45, 7) is 0.960. The first-order chi connectivity index (χ1) is 13.8. The Kier molecular flexibility index (Phi) is 6.23. The van der Waals surface area contributed by atoms with Crippen LogP contribution < -0.4 is 5.32 Å². The van der Waals surface area contributed by atoms with Crippen LogP contribution in [-0.2, 0) is 10.0 Å². The quantitative estimate of drug-likeness (QED) is 0.586. The second-order valence-corrected chi connectivity index (χ2v) is 8.66. The SMILES string of the molecule is O=C(Nc1ccc(F)c([N+](=O)[O-])c1)c1ccc(S(=O)(=O)N2CCCCCC2)cc1. The Morgan fingerprint density at radius 3 is 2.24 bits per heavy atom. The van der Waals surface area contributed by atoms with Crippen molar-refractivity contribution in [3.63, 3.8) is 0 Å². The molecule has 29 heavy (non-hydrogen) atoms. The molecule has 10 heteroatoms. The lowest BCUT2D eigenvalue weighted by molar-refractivity contribution is -0.387. The van der Waals surface area contributed by atoms with Gasteiger partial charge in [-0.15, -0.1) is 0 Å². The van der Waals surface area contributed by atoms with E-state index in [4.69, 9.17) is 0 Å². The van der Waals surface area contributed by atoms with E-state index in [1.165, 1.54) is 34.6 Å². The number of sulfonamides is 1. The van der Waals surface area contributed by atoms with Gasteiger partial charge in [0.1, 0.15) is 0 Å². The van der Waals surface area contributed by atoms with Crippen molar-refractivity contribution < 1.29 is 22.5 Å². The number of halogens is 1. The van der Waals surface area contributed by atoms with E-state index in [0.717, 1.165) is 37.8 Å². The maximum absolute atomic E-state index is 13.4. The molecule has 1 aliphatic heterocycles. The molecule has 8 nitrogen and oxygen atoms in total. The van der Waals surface area contributed by atoms with Crippen LogP contribution in [0.3, 0.4) is 0 Å². The number of carbonyl (C=O) groups is 1. The summed E-state index contributed by atoms with van der Waals surface area (Å²) in [6, 6.07) is 8.49. The van der Waals surface area contributed by atoms with E-state index in [1.807, 2.05) is 0 Å². The zero-order chi connectivity index (χ0) is 21.0. The van der Waals surface area contributed by atoms with Crippen molar-refractivity contribution in [2.75, 3.05) is 18.4 Å². The Hall–Kier alpha value is -2.85. The molecule has 1 amide bonds. The van der Waals surface area contributed by atoms with Gasteiger partial charge in [0.25, 0.3) is 5.91 Å². The van der Waals surface area contributed by atoms with Gasteiger partial charge in [-0.25, -0.2) is 8.42 Å². The van der Waals surface area contributed by atoms with E-state index in [9.17, 15) is 27.7 Å². The highest BCUT2D eigenvalue weighted by molar-refractivity contribution is 7.89. The molecule has 154 valence electrons. The maximum Gasteiger partial charge on any atom is 0.306 e. The first-order valence-corrected chi connectivity index (χ1v) is 10.6. The van der Waals surface area contributed by atoms with Gasteiger partial charge >= 0.3 is 5.69 Å². The van der Waals surface area contributed by atoms with Crippen LogP contribution in [0.25, 0.3) is 0 Å². The third-order valence-corrected chi connectivity index (χ3v) is 6.63. The van der Waals surface area contributed by atoms with Gasteiger partial charge in [0.2, 0.25) is 15.8 Å². The van der Waals surface area contributed by atoms with Crippen LogP contribution in [0, 0.1) is 15.9 Å². The van der Waals surface area contributed by atoms with E-state index in [-0.39, 0.29) is 16.1 Å². The van der Waals surface area contributed by atoms with Gasteiger partial charge < -0.3 is 5.32 Å². The molecule has 0 saturated carbocycles. The minimum absolute atomic E-state index is 0.0596. The number of hydrogen-bond acceptors (Lipinski definition) is 5. The number of amides is 1. The third kappa shape index (κ3) is 4.77.